The molecule has 0 bridgehead atoms. The highest BCUT2D eigenvalue weighted by molar-refractivity contribution is 7.91. The van der Waals surface area contributed by atoms with E-state index in [0.29, 0.717) is 6.42 Å². The molecule has 0 amide bonds. The molecule has 1 saturated carbocycles. The number of hydrogen-bond donors (Lipinski definition) is 1. The minimum atomic E-state index is -2.94. The topological polar surface area (TPSA) is 64.0 Å². The van der Waals surface area contributed by atoms with E-state index >= 15 is 0 Å². The van der Waals surface area contributed by atoms with Crippen molar-refractivity contribution in [2.75, 3.05) is 12.8 Å². The summed E-state index contributed by atoms with van der Waals surface area (Å²) in [6, 6.07) is 0.220. The zero-order valence-electron chi connectivity index (χ0n) is 12.6. The zero-order valence-corrected chi connectivity index (χ0v) is 13.4. The van der Waals surface area contributed by atoms with Crippen LogP contribution in [-0.2, 0) is 16.4 Å². The largest absolute Gasteiger partial charge is 0.313 e. The van der Waals surface area contributed by atoms with E-state index in [0.717, 1.165) is 38.0 Å². The highest BCUT2D eigenvalue weighted by atomic mass is 32.2. The second-order valence-corrected chi connectivity index (χ2v) is 8.10. The van der Waals surface area contributed by atoms with Crippen LogP contribution in [0.1, 0.15) is 49.9 Å². The lowest BCUT2D eigenvalue weighted by Crippen LogP contribution is -2.29. The molecule has 1 aliphatic rings. The standard InChI is InChI=1S/C14H25N3O2S/c1-4-15-9-12-10-17(16-11(12)2)13-6-5-7-14(8-13)20(3,18)19/h10,13-15H,4-9H2,1-3H3. The maximum absolute atomic E-state index is 11.7. The Morgan fingerprint density at radius 1 is 1.45 bits per heavy atom. The second kappa shape index (κ2) is 6.26. The van der Waals surface area contributed by atoms with Gasteiger partial charge >= 0.3 is 0 Å². The van der Waals surface area contributed by atoms with Crippen LogP contribution in [0, 0.1) is 6.92 Å². The summed E-state index contributed by atoms with van der Waals surface area (Å²) >= 11 is 0. The van der Waals surface area contributed by atoms with Crippen LogP contribution in [-0.4, -0.2) is 36.2 Å². The van der Waals surface area contributed by atoms with Gasteiger partial charge in [-0.15, -0.1) is 0 Å². The molecule has 1 aromatic heterocycles. The van der Waals surface area contributed by atoms with Crippen LogP contribution >= 0.6 is 0 Å². The Labute approximate surface area is 121 Å². The van der Waals surface area contributed by atoms with Gasteiger partial charge in [0.25, 0.3) is 0 Å². The first-order chi connectivity index (χ1) is 9.41. The smallest absolute Gasteiger partial charge is 0.150 e. The van der Waals surface area contributed by atoms with Crippen molar-refractivity contribution in [1.29, 1.82) is 0 Å². The molecule has 0 radical (unpaired) electrons. The summed E-state index contributed by atoms with van der Waals surface area (Å²) < 4.78 is 25.5. The fraction of sp³-hybridized carbons (Fsp3) is 0.786. The number of aryl methyl sites for hydroxylation is 1. The van der Waals surface area contributed by atoms with Crippen molar-refractivity contribution in [3.8, 4) is 0 Å². The Hall–Kier alpha value is -0.880. The predicted molar refractivity (Wildman–Crippen MR) is 80.5 cm³/mol. The molecule has 2 rings (SSSR count). The summed E-state index contributed by atoms with van der Waals surface area (Å²) in [5.74, 6) is 0. The van der Waals surface area contributed by atoms with Crippen LogP contribution < -0.4 is 5.32 Å². The molecule has 1 fully saturated rings. The number of nitrogens with one attached hydrogen (secondary N) is 1. The molecule has 5 nitrogen and oxygen atoms in total. The average molecular weight is 299 g/mol. The molecule has 0 aromatic carbocycles. The zero-order chi connectivity index (χ0) is 14.8. The van der Waals surface area contributed by atoms with Crippen LogP contribution in [0.25, 0.3) is 0 Å². The average Bonchev–Trinajstić information content (AvgIpc) is 2.77. The van der Waals surface area contributed by atoms with Crippen LogP contribution in [0.4, 0.5) is 0 Å². The second-order valence-electron chi connectivity index (χ2n) is 5.77. The highest BCUT2D eigenvalue weighted by Crippen LogP contribution is 2.32. The fourth-order valence-electron chi connectivity index (χ4n) is 2.89. The van der Waals surface area contributed by atoms with Gasteiger partial charge in [0.05, 0.1) is 17.0 Å². The van der Waals surface area contributed by atoms with Crippen molar-refractivity contribution in [2.45, 2.75) is 57.4 Å². The van der Waals surface area contributed by atoms with Crippen LogP contribution in [0.3, 0.4) is 0 Å². The molecule has 20 heavy (non-hydrogen) atoms. The van der Waals surface area contributed by atoms with Crippen LogP contribution in [0.15, 0.2) is 6.20 Å². The van der Waals surface area contributed by atoms with Crippen molar-refractivity contribution >= 4 is 9.84 Å². The molecule has 1 aromatic rings. The Balaban J connectivity index is 2.11. The van der Waals surface area contributed by atoms with Crippen molar-refractivity contribution < 1.29 is 8.42 Å². The maximum atomic E-state index is 11.7. The number of sulfone groups is 1. The van der Waals surface area contributed by atoms with Gasteiger partial charge in [-0.3, -0.25) is 4.68 Å². The van der Waals surface area contributed by atoms with Gasteiger partial charge in [-0.05, 0) is 32.7 Å². The van der Waals surface area contributed by atoms with E-state index in [1.165, 1.54) is 11.8 Å². The number of aromatic nitrogens is 2. The highest BCUT2D eigenvalue weighted by Gasteiger charge is 2.30. The molecule has 0 aliphatic heterocycles. The van der Waals surface area contributed by atoms with E-state index in [2.05, 4.69) is 23.5 Å². The minimum absolute atomic E-state index is 0.206. The molecule has 114 valence electrons. The fourth-order valence-corrected chi connectivity index (χ4v) is 4.06. The van der Waals surface area contributed by atoms with Crippen LogP contribution in [0.2, 0.25) is 0 Å². The van der Waals surface area contributed by atoms with Gasteiger partial charge in [-0.2, -0.15) is 5.10 Å². The van der Waals surface area contributed by atoms with Crippen LogP contribution in [0.5, 0.6) is 0 Å². The van der Waals surface area contributed by atoms with Gasteiger partial charge in [0.15, 0.2) is 0 Å². The lowest BCUT2D eigenvalue weighted by atomic mass is 9.95. The SMILES string of the molecule is CCNCc1cn(C2CCCC(S(C)(=O)=O)C2)nc1C. The Kier molecular flexibility index (Phi) is 4.86. The van der Waals surface area contributed by atoms with Crippen molar-refractivity contribution in [2.24, 2.45) is 0 Å². The summed E-state index contributed by atoms with van der Waals surface area (Å²) in [6.07, 6.45) is 6.90. The Morgan fingerprint density at radius 2 is 2.20 bits per heavy atom. The first kappa shape index (κ1) is 15.5. The Morgan fingerprint density at radius 3 is 2.85 bits per heavy atom. The molecule has 2 atom stereocenters. The normalized spacial score (nSPS) is 23.9. The molecule has 6 heteroatoms. The van der Waals surface area contributed by atoms with Crippen molar-refractivity contribution in [1.82, 2.24) is 15.1 Å². The van der Waals surface area contributed by atoms with Gasteiger partial charge < -0.3 is 5.32 Å². The number of hydrogen-bond acceptors (Lipinski definition) is 4. The van der Waals surface area contributed by atoms with E-state index < -0.39 is 9.84 Å². The number of nitrogens with zero attached hydrogens (tertiary/aromatic N) is 2. The summed E-state index contributed by atoms with van der Waals surface area (Å²) in [5.41, 5.74) is 2.24. The van der Waals surface area contributed by atoms with Gasteiger partial charge in [-0.1, -0.05) is 13.3 Å². The van der Waals surface area contributed by atoms with Crippen molar-refractivity contribution in [3.63, 3.8) is 0 Å². The van der Waals surface area contributed by atoms with Gasteiger partial charge in [0.1, 0.15) is 9.84 Å². The molecular weight excluding hydrogens is 274 g/mol. The molecule has 2 unspecified atom stereocenters. The summed E-state index contributed by atoms with van der Waals surface area (Å²) in [7, 11) is -2.94. The first-order valence-corrected chi connectivity index (χ1v) is 9.31. The minimum Gasteiger partial charge on any atom is -0.313 e. The molecule has 0 spiro atoms. The quantitative estimate of drug-likeness (QED) is 0.901. The summed E-state index contributed by atoms with van der Waals surface area (Å²) in [6.45, 7) is 5.85. The molecule has 1 heterocycles. The summed E-state index contributed by atoms with van der Waals surface area (Å²) in [4.78, 5) is 0. The van der Waals surface area contributed by atoms with Gasteiger partial charge in [-0.25, -0.2) is 8.42 Å². The van der Waals surface area contributed by atoms with E-state index in [4.69, 9.17) is 0 Å². The Bertz CT molecular complexity index is 551. The first-order valence-electron chi connectivity index (χ1n) is 7.36. The number of rotatable bonds is 5. The maximum Gasteiger partial charge on any atom is 0.150 e. The molecule has 1 aliphatic carbocycles. The molecule has 1 N–H and O–H groups in total. The third kappa shape index (κ3) is 3.61. The molecule has 0 saturated heterocycles. The lowest BCUT2D eigenvalue weighted by molar-refractivity contribution is 0.328. The van der Waals surface area contributed by atoms with E-state index in [1.807, 2.05) is 11.6 Å². The predicted octanol–water partition coefficient (Wildman–Crippen LogP) is 1.83. The third-order valence-corrected chi connectivity index (χ3v) is 5.80. The van der Waals surface area contributed by atoms with E-state index in [-0.39, 0.29) is 11.3 Å². The van der Waals surface area contributed by atoms with E-state index in [1.54, 1.807) is 0 Å². The molecular formula is C14H25N3O2S. The lowest BCUT2D eigenvalue weighted by Gasteiger charge is -2.28. The van der Waals surface area contributed by atoms with Gasteiger partial charge in [0, 0.05) is 24.6 Å². The third-order valence-electron chi connectivity index (χ3n) is 4.16. The van der Waals surface area contributed by atoms with Gasteiger partial charge in [0.2, 0.25) is 0 Å². The van der Waals surface area contributed by atoms with Crippen molar-refractivity contribution in [3.05, 3.63) is 17.5 Å². The summed E-state index contributed by atoms with van der Waals surface area (Å²) in [5, 5.41) is 7.69. The monoisotopic (exact) mass is 299 g/mol. The van der Waals surface area contributed by atoms with E-state index in [9.17, 15) is 8.42 Å².